The van der Waals surface area contributed by atoms with Gasteiger partial charge in [-0.05, 0) is 36.0 Å². The molecule has 3 nitrogen and oxygen atoms in total. The van der Waals surface area contributed by atoms with Crippen LogP contribution in [0.1, 0.15) is 49.0 Å². The highest BCUT2D eigenvalue weighted by Crippen LogP contribution is 2.25. The highest BCUT2D eigenvalue weighted by atomic mass is 16.3. The van der Waals surface area contributed by atoms with Gasteiger partial charge in [0, 0.05) is 12.1 Å². The molecule has 2 atom stereocenters. The van der Waals surface area contributed by atoms with Crippen molar-refractivity contribution in [2.75, 3.05) is 13.2 Å². The molecule has 0 aromatic heterocycles. The van der Waals surface area contributed by atoms with Gasteiger partial charge in [0.2, 0.25) is 0 Å². The maximum Gasteiger partial charge on any atom is 0.254 e. The minimum Gasteiger partial charge on any atom is -0.394 e. The lowest BCUT2D eigenvalue weighted by Gasteiger charge is -2.25. The number of amides is 1. The van der Waals surface area contributed by atoms with Crippen LogP contribution >= 0.6 is 0 Å². The fraction of sp³-hybridized carbons (Fsp3) is 0.562. The molecule has 0 radical (unpaired) electrons. The van der Waals surface area contributed by atoms with Gasteiger partial charge < -0.3 is 10.0 Å². The van der Waals surface area contributed by atoms with Crippen LogP contribution in [0.3, 0.4) is 0 Å². The molecule has 2 rings (SSSR count). The Bertz CT molecular complexity index is 439. The molecule has 1 aliphatic heterocycles. The maximum atomic E-state index is 12.5. The molecule has 0 spiro atoms. The van der Waals surface area contributed by atoms with Crippen molar-refractivity contribution < 1.29 is 9.90 Å². The summed E-state index contributed by atoms with van der Waals surface area (Å²) in [6.07, 6.45) is 0.973. The van der Waals surface area contributed by atoms with Crippen LogP contribution in [0.5, 0.6) is 0 Å². The first-order valence-electron chi connectivity index (χ1n) is 7.06. The minimum atomic E-state index is -0.0303. The average Bonchev–Trinajstić information content (AvgIpc) is 2.79. The Balaban J connectivity index is 2.15. The van der Waals surface area contributed by atoms with Crippen molar-refractivity contribution in [1.82, 2.24) is 4.90 Å². The Morgan fingerprint density at radius 1 is 1.37 bits per heavy atom. The van der Waals surface area contributed by atoms with Gasteiger partial charge in [0.05, 0.1) is 12.6 Å². The summed E-state index contributed by atoms with van der Waals surface area (Å²) in [5, 5.41) is 9.43. The van der Waals surface area contributed by atoms with E-state index in [4.69, 9.17) is 0 Å². The SMILES string of the molecule is CC(C)c1ccc(C(=O)N2CCC(C)C2CO)cc1. The van der Waals surface area contributed by atoms with Gasteiger partial charge in [-0.1, -0.05) is 32.9 Å². The number of likely N-dealkylation sites (tertiary alicyclic amines) is 1. The van der Waals surface area contributed by atoms with E-state index in [1.807, 2.05) is 29.2 Å². The van der Waals surface area contributed by atoms with E-state index in [0.29, 0.717) is 11.8 Å². The van der Waals surface area contributed by atoms with Crippen LogP contribution < -0.4 is 0 Å². The fourth-order valence-corrected chi connectivity index (χ4v) is 2.72. The van der Waals surface area contributed by atoms with Crippen molar-refractivity contribution in [2.24, 2.45) is 5.92 Å². The van der Waals surface area contributed by atoms with Crippen LogP contribution in [0.4, 0.5) is 0 Å². The summed E-state index contributed by atoms with van der Waals surface area (Å²) in [6.45, 7) is 7.17. The molecular formula is C16H23NO2. The molecule has 3 heteroatoms. The molecule has 0 saturated carbocycles. The van der Waals surface area contributed by atoms with Gasteiger partial charge in [-0.25, -0.2) is 0 Å². The Morgan fingerprint density at radius 3 is 2.53 bits per heavy atom. The van der Waals surface area contributed by atoms with E-state index in [-0.39, 0.29) is 18.6 Å². The van der Waals surface area contributed by atoms with Crippen molar-refractivity contribution in [3.63, 3.8) is 0 Å². The van der Waals surface area contributed by atoms with E-state index < -0.39 is 0 Å². The highest BCUT2D eigenvalue weighted by Gasteiger charge is 2.34. The molecule has 1 saturated heterocycles. The number of hydrogen-bond donors (Lipinski definition) is 1. The summed E-state index contributed by atoms with van der Waals surface area (Å²) < 4.78 is 0. The van der Waals surface area contributed by atoms with Gasteiger partial charge in [0.1, 0.15) is 0 Å². The second-order valence-electron chi connectivity index (χ2n) is 5.79. The fourth-order valence-electron chi connectivity index (χ4n) is 2.72. The monoisotopic (exact) mass is 261 g/mol. The van der Waals surface area contributed by atoms with Crippen LogP contribution in [0.15, 0.2) is 24.3 Å². The van der Waals surface area contributed by atoms with Crippen molar-refractivity contribution >= 4 is 5.91 Å². The lowest BCUT2D eigenvalue weighted by molar-refractivity contribution is 0.0648. The molecule has 1 aliphatic rings. The molecule has 2 unspecified atom stereocenters. The zero-order valence-electron chi connectivity index (χ0n) is 12.0. The van der Waals surface area contributed by atoms with E-state index in [1.165, 1.54) is 5.56 Å². The molecule has 1 amide bonds. The topological polar surface area (TPSA) is 40.5 Å². The standard InChI is InChI=1S/C16H23NO2/c1-11(2)13-4-6-14(7-5-13)16(19)17-9-8-12(3)15(17)10-18/h4-7,11-12,15,18H,8-10H2,1-3H3. The summed E-state index contributed by atoms with van der Waals surface area (Å²) in [5.74, 6) is 0.892. The quantitative estimate of drug-likeness (QED) is 0.908. The Kier molecular flexibility index (Phi) is 4.25. The second-order valence-corrected chi connectivity index (χ2v) is 5.79. The van der Waals surface area contributed by atoms with E-state index in [1.54, 1.807) is 0 Å². The number of carbonyl (C=O) groups excluding carboxylic acids is 1. The van der Waals surface area contributed by atoms with Crippen LogP contribution in [0.2, 0.25) is 0 Å². The molecule has 1 aromatic carbocycles. The van der Waals surface area contributed by atoms with Gasteiger partial charge >= 0.3 is 0 Å². The molecule has 1 heterocycles. The van der Waals surface area contributed by atoms with Gasteiger partial charge in [-0.2, -0.15) is 0 Å². The van der Waals surface area contributed by atoms with Crippen molar-refractivity contribution in [3.8, 4) is 0 Å². The summed E-state index contributed by atoms with van der Waals surface area (Å²) >= 11 is 0. The highest BCUT2D eigenvalue weighted by molar-refractivity contribution is 5.94. The number of rotatable bonds is 3. The number of benzene rings is 1. The minimum absolute atomic E-state index is 0.0303. The van der Waals surface area contributed by atoms with Crippen LogP contribution in [0, 0.1) is 5.92 Å². The van der Waals surface area contributed by atoms with Crippen LogP contribution in [-0.4, -0.2) is 35.1 Å². The third-order valence-corrected chi connectivity index (χ3v) is 4.15. The predicted molar refractivity (Wildman–Crippen MR) is 76.2 cm³/mol. The van der Waals surface area contributed by atoms with Crippen LogP contribution in [0.25, 0.3) is 0 Å². The van der Waals surface area contributed by atoms with Crippen LogP contribution in [-0.2, 0) is 0 Å². The van der Waals surface area contributed by atoms with Gasteiger partial charge in [0.25, 0.3) is 5.91 Å². The number of nitrogens with zero attached hydrogens (tertiary/aromatic N) is 1. The number of carbonyl (C=O) groups is 1. The third kappa shape index (κ3) is 2.81. The summed E-state index contributed by atoms with van der Waals surface area (Å²) in [6, 6.07) is 7.80. The summed E-state index contributed by atoms with van der Waals surface area (Å²) in [5.41, 5.74) is 1.96. The zero-order valence-corrected chi connectivity index (χ0v) is 12.0. The van der Waals surface area contributed by atoms with E-state index in [9.17, 15) is 9.90 Å². The van der Waals surface area contributed by atoms with Gasteiger partial charge in [-0.3, -0.25) is 4.79 Å². The van der Waals surface area contributed by atoms with E-state index in [0.717, 1.165) is 18.5 Å². The first kappa shape index (κ1) is 14.1. The molecule has 1 aromatic rings. The number of aliphatic hydroxyl groups excluding tert-OH is 1. The summed E-state index contributed by atoms with van der Waals surface area (Å²) in [4.78, 5) is 14.3. The van der Waals surface area contributed by atoms with Gasteiger partial charge in [0.15, 0.2) is 0 Å². The molecule has 0 bridgehead atoms. The maximum absolute atomic E-state index is 12.5. The molecular weight excluding hydrogens is 238 g/mol. The second kappa shape index (κ2) is 5.74. The normalized spacial score (nSPS) is 23.1. The van der Waals surface area contributed by atoms with Gasteiger partial charge in [-0.15, -0.1) is 0 Å². The molecule has 104 valence electrons. The third-order valence-electron chi connectivity index (χ3n) is 4.15. The first-order valence-corrected chi connectivity index (χ1v) is 7.06. The smallest absolute Gasteiger partial charge is 0.254 e. The summed E-state index contributed by atoms with van der Waals surface area (Å²) in [7, 11) is 0. The molecule has 1 fully saturated rings. The Labute approximate surface area is 115 Å². The van der Waals surface area contributed by atoms with Crippen molar-refractivity contribution in [2.45, 2.75) is 39.2 Å². The first-order chi connectivity index (χ1) is 9.04. The molecule has 1 N–H and O–H groups in total. The van der Waals surface area contributed by atoms with Crippen molar-refractivity contribution in [1.29, 1.82) is 0 Å². The van der Waals surface area contributed by atoms with Crippen molar-refractivity contribution in [3.05, 3.63) is 35.4 Å². The lowest BCUT2D eigenvalue weighted by Crippen LogP contribution is -2.39. The lowest BCUT2D eigenvalue weighted by atomic mass is 10.0. The Hall–Kier alpha value is -1.35. The average molecular weight is 261 g/mol. The molecule has 19 heavy (non-hydrogen) atoms. The predicted octanol–water partition coefficient (Wildman–Crippen LogP) is 2.65. The largest absolute Gasteiger partial charge is 0.394 e. The number of hydrogen-bond acceptors (Lipinski definition) is 2. The molecule has 0 aliphatic carbocycles. The Morgan fingerprint density at radius 2 is 2.00 bits per heavy atom. The zero-order chi connectivity index (χ0) is 14.0. The van der Waals surface area contributed by atoms with E-state index in [2.05, 4.69) is 20.8 Å². The van der Waals surface area contributed by atoms with E-state index >= 15 is 0 Å². The number of aliphatic hydroxyl groups is 1.